The standard InChI is InChI=1S/C25H38N2O6/c1-3-32-24(30)22(26-19(2)23(28)29)13-9-5-6-10-20-14-16-27(17-15-20)25(31)33-18-21-11-7-4-8-12-21/h4,7-8,11-12,19-20,22,26H,3,5-6,9-10,13-18H2,1-2H3,(H,28,29)/t19-,22?/m0/s1. The lowest BCUT2D eigenvalue weighted by Crippen LogP contribution is -2.46. The summed E-state index contributed by atoms with van der Waals surface area (Å²) in [5.41, 5.74) is 0.985. The second-order valence-corrected chi connectivity index (χ2v) is 8.64. The Bertz CT molecular complexity index is 734. The number of piperidine rings is 1. The molecule has 0 saturated carbocycles. The molecule has 0 aromatic heterocycles. The van der Waals surface area contributed by atoms with Crippen LogP contribution < -0.4 is 5.32 Å². The number of carboxylic acid groups (broad SMARTS) is 1. The number of ether oxygens (including phenoxy) is 2. The molecule has 0 aliphatic carbocycles. The molecule has 1 aliphatic heterocycles. The van der Waals surface area contributed by atoms with Crippen molar-refractivity contribution in [2.75, 3.05) is 19.7 Å². The summed E-state index contributed by atoms with van der Waals surface area (Å²) in [5, 5.41) is 11.9. The molecule has 1 fully saturated rings. The van der Waals surface area contributed by atoms with Crippen molar-refractivity contribution in [1.82, 2.24) is 10.2 Å². The van der Waals surface area contributed by atoms with E-state index in [0.717, 1.165) is 57.2 Å². The molecule has 8 nitrogen and oxygen atoms in total. The van der Waals surface area contributed by atoms with E-state index >= 15 is 0 Å². The quantitative estimate of drug-likeness (QED) is 0.337. The number of amides is 1. The minimum Gasteiger partial charge on any atom is -0.480 e. The molecule has 0 spiro atoms. The highest BCUT2D eigenvalue weighted by Gasteiger charge is 2.25. The molecular weight excluding hydrogens is 424 g/mol. The molecule has 1 heterocycles. The highest BCUT2D eigenvalue weighted by molar-refractivity contribution is 5.78. The first-order valence-electron chi connectivity index (χ1n) is 12.0. The van der Waals surface area contributed by atoms with E-state index in [1.165, 1.54) is 6.92 Å². The summed E-state index contributed by atoms with van der Waals surface area (Å²) >= 11 is 0. The van der Waals surface area contributed by atoms with Crippen LogP contribution in [0.3, 0.4) is 0 Å². The SMILES string of the molecule is CCOC(=O)C(CCCCCC1CCN(C(=O)OCc2ccccc2)CC1)N[C@@H](C)C(=O)O. The van der Waals surface area contributed by atoms with Gasteiger partial charge < -0.3 is 19.5 Å². The summed E-state index contributed by atoms with van der Waals surface area (Å²) < 4.78 is 10.5. The third-order valence-electron chi connectivity index (χ3n) is 6.08. The molecule has 184 valence electrons. The Kier molecular flexibility index (Phi) is 11.7. The number of nitrogens with one attached hydrogen (secondary N) is 1. The summed E-state index contributed by atoms with van der Waals surface area (Å²) in [6.07, 6.45) is 6.20. The zero-order valence-corrected chi connectivity index (χ0v) is 19.8. The van der Waals surface area contributed by atoms with Gasteiger partial charge in [0, 0.05) is 13.1 Å². The average Bonchev–Trinajstić information content (AvgIpc) is 2.82. The number of esters is 1. The minimum atomic E-state index is -0.986. The maximum Gasteiger partial charge on any atom is 0.410 e. The largest absolute Gasteiger partial charge is 0.480 e. The van der Waals surface area contributed by atoms with E-state index in [9.17, 15) is 14.4 Å². The number of rotatable bonds is 13. The average molecular weight is 463 g/mol. The number of carboxylic acids is 1. The lowest BCUT2D eigenvalue weighted by atomic mass is 9.91. The Morgan fingerprint density at radius 3 is 2.42 bits per heavy atom. The Labute approximate surface area is 196 Å². The molecule has 1 aliphatic rings. The molecule has 8 heteroatoms. The molecule has 1 aromatic rings. The van der Waals surface area contributed by atoms with Crippen molar-refractivity contribution in [1.29, 1.82) is 0 Å². The predicted molar refractivity (Wildman–Crippen MR) is 125 cm³/mol. The number of nitrogens with zero attached hydrogens (tertiary/aromatic N) is 1. The van der Waals surface area contributed by atoms with E-state index in [0.29, 0.717) is 18.9 Å². The van der Waals surface area contributed by atoms with Crippen LogP contribution >= 0.6 is 0 Å². The number of likely N-dealkylation sites (tertiary alicyclic amines) is 1. The number of hydrogen-bond donors (Lipinski definition) is 2. The van der Waals surface area contributed by atoms with Crippen molar-refractivity contribution >= 4 is 18.0 Å². The maximum atomic E-state index is 12.3. The van der Waals surface area contributed by atoms with Gasteiger partial charge in [-0.3, -0.25) is 14.9 Å². The van der Waals surface area contributed by atoms with Gasteiger partial charge in [-0.25, -0.2) is 4.79 Å². The van der Waals surface area contributed by atoms with Gasteiger partial charge in [-0.05, 0) is 44.6 Å². The molecule has 33 heavy (non-hydrogen) atoms. The minimum absolute atomic E-state index is 0.245. The second kappa shape index (κ2) is 14.5. The molecule has 0 radical (unpaired) electrons. The highest BCUT2D eigenvalue weighted by Crippen LogP contribution is 2.24. The fourth-order valence-electron chi connectivity index (χ4n) is 4.06. The molecule has 2 N–H and O–H groups in total. The third-order valence-corrected chi connectivity index (χ3v) is 6.08. The molecule has 1 aromatic carbocycles. The summed E-state index contributed by atoms with van der Waals surface area (Å²) in [6, 6.07) is 8.28. The van der Waals surface area contributed by atoms with Crippen LogP contribution in [0.25, 0.3) is 0 Å². The first kappa shape index (κ1) is 26.6. The number of benzene rings is 1. The van der Waals surface area contributed by atoms with Gasteiger partial charge in [-0.2, -0.15) is 0 Å². The Morgan fingerprint density at radius 1 is 1.09 bits per heavy atom. The van der Waals surface area contributed by atoms with Crippen molar-refractivity contribution in [3.63, 3.8) is 0 Å². The first-order chi connectivity index (χ1) is 15.9. The number of carbonyl (C=O) groups excluding carboxylic acids is 2. The van der Waals surface area contributed by atoms with Crippen LogP contribution in [0, 0.1) is 5.92 Å². The number of carbonyl (C=O) groups is 3. The van der Waals surface area contributed by atoms with E-state index in [1.807, 2.05) is 30.3 Å². The van der Waals surface area contributed by atoms with Crippen molar-refractivity contribution < 1.29 is 29.0 Å². The lowest BCUT2D eigenvalue weighted by molar-refractivity contribution is -0.147. The zero-order chi connectivity index (χ0) is 24.1. The molecular formula is C25H38N2O6. The fourth-order valence-corrected chi connectivity index (χ4v) is 4.06. The molecule has 2 atom stereocenters. The molecule has 1 saturated heterocycles. The van der Waals surface area contributed by atoms with Gasteiger partial charge in [0.2, 0.25) is 0 Å². The van der Waals surface area contributed by atoms with Gasteiger partial charge >= 0.3 is 18.0 Å². The van der Waals surface area contributed by atoms with Crippen molar-refractivity contribution in [3.05, 3.63) is 35.9 Å². The maximum absolute atomic E-state index is 12.3. The molecule has 0 bridgehead atoms. The second-order valence-electron chi connectivity index (χ2n) is 8.64. The van der Waals surface area contributed by atoms with Crippen molar-refractivity contribution in [2.24, 2.45) is 5.92 Å². The summed E-state index contributed by atoms with van der Waals surface area (Å²) in [6.45, 7) is 5.28. The number of aliphatic carboxylic acids is 1. The lowest BCUT2D eigenvalue weighted by Gasteiger charge is -2.31. The number of unbranched alkanes of at least 4 members (excludes halogenated alkanes) is 2. The Morgan fingerprint density at radius 2 is 1.79 bits per heavy atom. The normalized spacial score (nSPS) is 16.1. The number of hydrogen-bond acceptors (Lipinski definition) is 6. The van der Waals surface area contributed by atoms with Gasteiger partial charge in [0.25, 0.3) is 0 Å². The van der Waals surface area contributed by atoms with Gasteiger partial charge in [0.1, 0.15) is 18.7 Å². The summed E-state index contributed by atoms with van der Waals surface area (Å²) in [4.78, 5) is 37.3. The predicted octanol–water partition coefficient (Wildman–Crippen LogP) is 3.98. The van der Waals surface area contributed by atoms with E-state index < -0.39 is 24.0 Å². The van der Waals surface area contributed by atoms with Crippen molar-refractivity contribution in [2.45, 2.75) is 77.5 Å². The van der Waals surface area contributed by atoms with Crippen LogP contribution in [0.4, 0.5) is 4.79 Å². The molecule has 1 amide bonds. The van der Waals surface area contributed by atoms with Gasteiger partial charge in [-0.15, -0.1) is 0 Å². The zero-order valence-electron chi connectivity index (χ0n) is 19.8. The molecule has 1 unspecified atom stereocenters. The van der Waals surface area contributed by atoms with E-state index in [1.54, 1.807) is 11.8 Å². The molecule has 2 rings (SSSR count). The van der Waals surface area contributed by atoms with E-state index in [2.05, 4.69) is 5.32 Å². The van der Waals surface area contributed by atoms with Crippen LogP contribution in [0.2, 0.25) is 0 Å². The van der Waals surface area contributed by atoms with Crippen LogP contribution in [0.1, 0.15) is 64.4 Å². The third kappa shape index (κ3) is 9.82. The smallest absolute Gasteiger partial charge is 0.410 e. The van der Waals surface area contributed by atoms with Gasteiger partial charge in [-0.1, -0.05) is 56.0 Å². The van der Waals surface area contributed by atoms with Crippen molar-refractivity contribution in [3.8, 4) is 0 Å². The summed E-state index contributed by atoms with van der Waals surface area (Å²) in [7, 11) is 0. The van der Waals surface area contributed by atoms with E-state index in [-0.39, 0.29) is 12.7 Å². The van der Waals surface area contributed by atoms with Gasteiger partial charge in [0.05, 0.1) is 6.61 Å². The highest BCUT2D eigenvalue weighted by atomic mass is 16.6. The fraction of sp³-hybridized carbons (Fsp3) is 0.640. The topological polar surface area (TPSA) is 105 Å². The van der Waals surface area contributed by atoms with Gasteiger partial charge in [0.15, 0.2) is 0 Å². The Hall–Kier alpha value is -2.61. The Balaban J connectivity index is 1.61. The van der Waals surface area contributed by atoms with Crippen LogP contribution in [0.5, 0.6) is 0 Å². The van der Waals surface area contributed by atoms with Crippen LogP contribution in [-0.2, 0) is 25.7 Å². The monoisotopic (exact) mass is 462 g/mol. The summed E-state index contributed by atoms with van der Waals surface area (Å²) in [5.74, 6) is -0.786. The first-order valence-corrected chi connectivity index (χ1v) is 12.0. The van der Waals surface area contributed by atoms with Crippen LogP contribution in [0.15, 0.2) is 30.3 Å². The van der Waals surface area contributed by atoms with Crippen LogP contribution in [-0.4, -0.2) is 59.8 Å². The van der Waals surface area contributed by atoms with E-state index in [4.69, 9.17) is 14.6 Å².